The van der Waals surface area contributed by atoms with Gasteiger partial charge in [-0.05, 0) is 42.8 Å². The third-order valence-corrected chi connectivity index (χ3v) is 3.66. The minimum Gasteiger partial charge on any atom is -0.494 e. The molecule has 2 N–H and O–H groups in total. The Balaban J connectivity index is 2.24. The molecule has 23 heavy (non-hydrogen) atoms. The number of rotatable bonds is 5. The number of hydrogen-bond donors (Lipinski definition) is 2. The Bertz CT molecular complexity index is 870. The lowest BCUT2D eigenvalue weighted by molar-refractivity contribution is -0.136. The molecule has 0 saturated heterocycles. The number of carboxylic acid groups (broad SMARTS) is 1. The van der Waals surface area contributed by atoms with Crippen molar-refractivity contribution in [3.8, 4) is 17.0 Å². The molecule has 0 bridgehead atoms. The van der Waals surface area contributed by atoms with Gasteiger partial charge in [-0.15, -0.1) is 0 Å². The van der Waals surface area contributed by atoms with Crippen molar-refractivity contribution in [2.75, 3.05) is 6.61 Å². The minimum absolute atomic E-state index is 0.195. The molecule has 2 aromatic carbocycles. The summed E-state index contributed by atoms with van der Waals surface area (Å²) >= 11 is 0. The van der Waals surface area contributed by atoms with Crippen LogP contribution in [0, 0.1) is 5.82 Å². The summed E-state index contributed by atoms with van der Waals surface area (Å²) in [6.45, 7) is 2.40. The van der Waals surface area contributed by atoms with Gasteiger partial charge in [0, 0.05) is 16.5 Å². The second-order valence-electron chi connectivity index (χ2n) is 5.17. The monoisotopic (exact) mass is 313 g/mol. The summed E-state index contributed by atoms with van der Waals surface area (Å²) in [5, 5.41) is 9.95. The summed E-state index contributed by atoms with van der Waals surface area (Å²) in [4.78, 5) is 14.4. The van der Waals surface area contributed by atoms with Crippen molar-refractivity contribution in [3.63, 3.8) is 0 Å². The molecule has 0 atom stereocenters. The van der Waals surface area contributed by atoms with Gasteiger partial charge in [0.1, 0.15) is 11.6 Å². The number of aromatic nitrogens is 1. The van der Waals surface area contributed by atoms with Crippen LogP contribution in [0.2, 0.25) is 0 Å². The molecule has 3 aromatic rings. The number of fused-ring (bicyclic) bond motifs is 1. The number of H-pyrrole nitrogens is 1. The Morgan fingerprint density at radius 3 is 2.74 bits per heavy atom. The SMILES string of the molecule is CCOc1ccc2[nH]c(-c3ccccc3F)c(CC(=O)O)c2c1. The standard InChI is InChI=1S/C18H16FNO3/c1-2-23-11-7-8-16-13(9-11)14(10-17(21)22)18(20-16)12-5-3-4-6-15(12)19/h3-9,20H,2,10H2,1H3,(H,21,22). The number of ether oxygens (including phenoxy) is 1. The summed E-state index contributed by atoms with van der Waals surface area (Å²) in [7, 11) is 0. The van der Waals surface area contributed by atoms with E-state index in [1.165, 1.54) is 6.07 Å². The van der Waals surface area contributed by atoms with Gasteiger partial charge in [-0.1, -0.05) is 12.1 Å². The molecule has 0 saturated carbocycles. The molecule has 1 aromatic heterocycles. The topological polar surface area (TPSA) is 62.3 Å². The Morgan fingerprint density at radius 2 is 2.04 bits per heavy atom. The van der Waals surface area contributed by atoms with Gasteiger partial charge < -0.3 is 14.8 Å². The molecule has 0 aliphatic rings. The van der Waals surface area contributed by atoms with E-state index in [-0.39, 0.29) is 6.42 Å². The maximum absolute atomic E-state index is 14.1. The molecule has 0 radical (unpaired) electrons. The maximum atomic E-state index is 14.1. The van der Waals surface area contributed by atoms with E-state index in [0.717, 1.165) is 10.9 Å². The molecular weight excluding hydrogens is 297 g/mol. The van der Waals surface area contributed by atoms with E-state index in [9.17, 15) is 14.3 Å². The highest BCUT2D eigenvalue weighted by molar-refractivity contribution is 5.94. The van der Waals surface area contributed by atoms with Crippen molar-refractivity contribution in [1.29, 1.82) is 0 Å². The van der Waals surface area contributed by atoms with Crippen molar-refractivity contribution in [3.05, 3.63) is 53.8 Å². The van der Waals surface area contributed by atoms with E-state index in [1.54, 1.807) is 30.3 Å². The lowest BCUT2D eigenvalue weighted by Crippen LogP contribution is -2.01. The predicted molar refractivity (Wildman–Crippen MR) is 86.2 cm³/mol. The average molecular weight is 313 g/mol. The zero-order chi connectivity index (χ0) is 16.4. The lowest BCUT2D eigenvalue weighted by atomic mass is 10.0. The van der Waals surface area contributed by atoms with E-state index in [1.807, 2.05) is 13.0 Å². The number of halogens is 1. The number of benzene rings is 2. The molecule has 1 heterocycles. The van der Waals surface area contributed by atoms with Crippen LogP contribution in [0.3, 0.4) is 0 Å². The molecule has 3 rings (SSSR count). The molecular formula is C18H16FNO3. The van der Waals surface area contributed by atoms with E-state index in [0.29, 0.717) is 29.2 Å². The summed E-state index contributed by atoms with van der Waals surface area (Å²) in [5.41, 5.74) is 2.16. The van der Waals surface area contributed by atoms with Crippen LogP contribution in [0.15, 0.2) is 42.5 Å². The second kappa shape index (κ2) is 6.12. The number of aliphatic carboxylic acids is 1. The molecule has 5 heteroatoms. The molecule has 0 aliphatic carbocycles. The van der Waals surface area contributed by atoms with Crippen LogP contribution < -0.4 is 4.74 Å². The van der Waals surface area contributed by atoms with Gasteiger partial charge in [-0.25, -0.2) is 4.39 Å². The van der Waals surface area contributed by atoms with E-state index < -0.39 is 11.8 Å². The first-order chi connectivity index (χ1) is 11.1. The van der Waals surface area contributed by atoms with Crippen molar-refractivity contribution < 1.29 is 19.0 Å². The predicted octanol–water partition coefficient (Wildman–Crippen LogP) is 4.00. The molecule has 118 valence electrons. The highest BCUT2D eigenvalue weighted by Gasteiger charge is 2.18. The first-order valence-electron chi connectivity index (χ1n) is 7.34. The van der Waals surface area contributed by atoms with Crippen LogP contribution in [0.4, 0.5) is 4.39 Å². The summed E-state index contributed by atoms with van der Waals surface area (Å²) in [6, 6.07) is 11.7. The first-order valence-corrected chi connectivity index (χ1v) is 7.34. The molecule has 0 amide bonds. The zero-order valence-electron chi connectivity index (χ0n) is 12.6. The Hall–Kier alpha value is -2.82. The quantitative estimate of drug-likeness (QED) is 0.748. The zero-order valence-corrected chi connectivity index (χ0v) is 12.6. The Labute approximate surface area is 132 Å². The third-order valence-electron chi connectivity index (χ3n) is 3.66. The smallest absolute Gasteiger partial charge is 0.307 e. The van der Waals surface area contributed by atoms with E-state index in [2.05, 4.69) is 4.98 Å². The molecule has 0 unspecified atom stereocenters. The van der Waals surface area contributed by atoms with Crippen LogP contribution in [-0.4, -0.2) is 22.7 Å². The minimum atomic E-state index is -0.967. The van der Waals surface area contributed by atoms with Crippen LogP contribution >= 0.6 is 0 Å². The third kappa shape index (κ3) is 2.90. The molecule has 4 nitrogen and oxygen atoms in total. The van der Waals surface area contributed by atoms with Gasteiger partial charge in [0.15, 0.2) is 0 Å². The second-order valence-corrected chi connectivity index (χ2v) is 5.17. The average Bonchev–Trinajstić information content (AvgIpc) is 2.86. The fraction of sp³-hybridized carbons (Fsp3) is 0.167. The van der Waals surface area contributed by atoms with Gasteiger partial charge in [-0.3, -0.25) is 4.79 Å². The van der Waals surface area contributed by atoms with Crippen LogP contribution in [0.1, 0.15) is 12.5 Å². The number of carboxylic acids is 1. The van der Waals surface area contributed by atoms with Gasteiger partial charge in [0.05, 0.1) is 18.7 Å². The fourth-order valence-electron chi connectivity index (χ4n) is 2.71. The highest BCUT2D eigenvalue weighted by atomic mass is 19.1. The van der Waals surface area contributed by atoms with Crippen LogP contribution in [0.5, 0.6) is 5.75 Å². The summed E-state index contributed by atoms with van der Waals surface area (Å²) in [5.74, 6) is -0.702. The molecule has 0 spiro atoms. The largest absolute Gasteiger partial charge is 0.494 e. The first kappa shape index (κ1) is 15.1. The van der Waals surface area contributed by atoms with Crippen molar-refractivity contribution >= 4 is 16.9 Å². The van der Waals surface area contributed by atoms with Gasteiger partial charge in [0.2, 0.25) is 0 Å². The highest BCUT2D eigenvalue weighted by Crippen LogP contribution is 2.34. The Morgan fingerprint density at radius 1 is 1.26 bits per heavy atom. The maximum Gasteiger partial charge on any atom is 0.307 e. The van der Waals surface area contributed by atoms with Crippen molar-refractivity contribution in [1.82, 2.24) is 4.98 Å². The normalized spacial score (nSPS) is 10.9. The molecule has 0 fully saturated rings. The number of hydrogen-bond acceptors (Lipinski definition) is 2. The van der Waals surface area contributed by atoms with Crippen molar-refractivity contribution in [2.24, 2.45) is 0 Å². The van der Waals surface area contributed by atoms with Gasteiger partial charge in [-0.2, -0.15) is 0 Å². The number of nitrogens with one attached hydrogen (secondary N) is 1. The summed E-state index contributed by atoms with van der Waals surface area (Å²) in [6.07, 6.45) is -0.195. The number of aromatic amines is 1. The van der Waals surface area contributed by atoms with Crippen molar-refractivity contribution in [2.45, 2.75) is 13.3 Å². The number of carbonyl (C=O) groups is 1. The van der Waals surface area contributed by atoms with Crippen LogP contribution in [0.25, 0.3) is 22.2 Å². The molecule has 0 aliphatic heterocycles. The lowest BCUT2D eigenvalue weighted by Gasteiger charge is -2.05. The van der Waals surface area contributed by atoms with E-state index in [4.69, 9.17) is 4.74 Å². The summed E-state index contributed by atoms with van der Waals surface area (Å²) < 4.78 is 19.6. The van der Waals surface area contributed by atoms with Gasteiger partial charge >= 0.3 is 5.97 Å². The van der Waals surface area contributed by atoms with Crippen LogP contribution in [-0.2, 0) is 11.2 Å². The van der Waals surface area contributed by atoms with Gasteiger partial charge in [0.25, 0.3) is 0 Å². The fourth-order valence-corrected chi connectivity index (χ4v) is 2.71. The van der Waals surface area contributed by atoms with E-state index >= 15 is 0 Å². The Kier molecular flexibility index (Phi) is 4.02.